The largest absolute Gasteiger partial charge is 0.374 e. The monoisotopic (exact) mass is 286 g/mol. The van der Waals surface area contributed by atoms with E-state index in [0.717, 1.165) is 17.3 Å². The van der Waals surface area contributed by atoms with Gasteiger partial charge < -0.3 is 15.0 Å². The zero-order valence-corrected chi connectivity index (χ0v) is 13.1. The minimum Gasteiger partial charge on any atom is -0.374 e. The van der Waals surface area contributed by atoms with Crippen molar-refractivity contribution in [1.82, 2.24) is 9.97 Å². The molecule has 5 heteroatoms. The Morgan fingerprint density at radius 2 is 2.00 bits per heavy atom. The van der Waals surface area contributed by atoms with Crippen molar-refractivity contribution in [3.63, 3.8) is 0 Å². The first-order valence-corrected chi connectivity index (χ1v) is 7.08. The number of hydrogen-bond donors (Lipinski definition) is 1. The molecular formula is C16H22N4O. The summed E-state index contributed by atoms with van der Waals surface area (Å²) in [7, 11) is 3.86. The predicted molar refractivity (Wildman–Crippen MR) is 86.2 cm³/mol. The maximum absolute atomic E-state index is 5.41. The number of ether oxygens (including phenoxy) is 1. The molecule has 0 unspecified atom stereocenters. The number of anilines is 3. The van der Waals surface area contributed by atoms with Crippen LogP contribution in [0, 0.1) is 6.92 Å². The summed E-state index contributed by atoms with van der Waals surface area (Å²) in [6, 6.07) is 10.2. The molecular weight excluding hydrogens is 264 g/mol. The Morgan fingerprint density at radius 3 is 2.67 bits per heavy atom. The lowest BCUT2D eigenvalue weighted by Crippen LogP contribution is -2.15. The molecule has 0 saturated heterocycles. The second-order valence-electron chi connectivity index (χ2n) is 4.76. The van der Waals surface area contributed by atoms with Crippen molar-refractivity contribution in [3.8, 4) is 0 Å². The van der Waals surface area contributed by atoms with Gasteiger partial charge >= 0.3 is 0 Å². The van der Waals surface area contributed by atoms with Gasteiger partial charge in [-0.2, -0.15) is 0 Å². The third kappa shape index (κ3) is 3.70. The molecule has 0 fully saturated rings. The van der Waals surface area contributed by atoms with Crippen LogP contribution >= 0.6 is 0 Å². The van der Waals surface area contributed by atoms with Gasteiger partial charge in [-0.25, -0.2) is 9.97 Å². The van der Waals surface area contributed by atoms with Crippen molar-refractivity contribution in [2.45, 2.75) is 20.5 Å². The standard InChI is InChI=1S/C16H22N4O/c1-5-21-11-15-18-14(17-3)10-16(19-15)20(4)13-9-7-6-8-12(13)2/h6-10H,5,11H2,1-4H3,(H,17,18,19). The van der Waals surface area contributed by atoms with E-state index >= 15 is 0 Å². The molecule has 0 aliphatic carbocycles. The number of hydrogen-bond acceptors (Lipinski definition) is 5. The van der Waals surface area contributed by atoms with Crippen LogP contribution < -0.4 is 10.2 Å². The van der Waals surface area contributed by atoms with Gasteiger partial charge in [0, 0.05) is 32.5 Å². The topological polar surface area (TPSA) is 50.3 Å². The number of para-hydroxylation sites is 1. The van der Waals surface area contributed by atoms with Gasteiger partial charge in [0.2, 0.25) is 0 Å². The maximum atomic E-state index is 5.41. The molecule has 0 amide bonds. The van der Waals surface area contributed by atoms with E-state index in [2.05, 4.69) is 39.2 Å². The predicted octanol–water partition coefficient (Wildman–Crippen LogP) is 3.13. The summed E-state index contributed by atoms with van der Waals surface area (Å²) in [6.07, 6.45) is 0. The van der Waals surface area contributed by atoms with Gasteiger partial charge in [-0.15, -0.1) is 0 Å². The van der Waals surface area contributed by atoms with Crippen LogP contribution in [0.15, 0.2) is 30.3 Å². The Labute approximate surface area is 126 Å². The molecule has 5 nitrogen and oxygen atoms in total. The highest BCUT2D eigenvalue weighted by molar-refractivity contribution is 5.64. The van der Waals surface area contributed by atoms with Crippen molar-refractivity contribution in [2.24, 2.45) is 0 Å². The van der Waals surface area contributed by atoms with Gasteiger partial charge in [0.25, 0.3) is 0 Å². The molecule has 0 aliphatic rings. The van der Waals surface area contributed by atoms with Crippen molar-refractivity contribution in [2.75, 3.05) is 30.9 Å². The summed E-state index contributed by atoms with van der Waals surface area (Å²) >= 11 is 0. The number of aromatic nitrogens is 2. The van der Waals surface area contributed by atoms with E-state index in [4.69, 9.17) is 4.74 Å². The van der Waals surface area contributed by atoms with Gasteiger partial charge in [-0.05, 0) is 25.5 Å². The van der Waals surface area contributed by atoms with Gasteiger partial charge in [-0.3, -0.25) is 0 Å². The lowest BCUT2D eigenvalue weighted by Gasteiger charge is -2.21. The molecule has 1 aromatic carbocycles. The number of benzene rings is 1. The van der Waals surface area contributed by atoms with Gasteiger partial charge in [0.15, 0.2) is 5.82 Å². The second kappa shape index (κ2) is 7.04. The molecule has 0 spiro atoms. The first-order valence-electron chi connectivity index (χ1n) is 7.08. The van der Waals surface area contributed by atoms with E-state index in [9.17, 15) is 0 Å². The Hall–Kier alpha value is -2.14. The molecule has 1 N–H and O–H groups in total. The highest BCUT2D eigenvalue weighted by atomic mass is 16.5. The van der Waals surface area contributed by atoms with Crippen molar-refractivity contribution in [1.29, 1.82) is 0 Å². The summed E-state index contributed by atoms with van der Waals surface area (Å²) < 4.78 is 5.41. The van der Waals surface area contributed by atoms with Crippen molar-refractivity contribution < 1.29 is 4.74 Å². The lowest BCUT2D eigenvalue weighted by atomic mass is 10.2. The maximum Gasteiger partial charge on any atom is 0.158 e. The normalized spacial score (nSPS) is 10.5. The average molecular weight is 286 g/mol. The molecule has 0 aliphatic heterocycles. The van der Waals surface area contributed by atoms with E-state index in [-0.39, 0.29) is 0 Å². The number of aryl methyl sites for hydroxylation is 1. The molecule has 0 radical (unpaired) electrons. The summed E-state index contributed by atoms with van der Waals surface area (Å²) in [5.74, 6) is 2.31. The van der Waals surface area contributed by atoms with Crippen LogP contribution in [0.25, 0.3) is 0 Å². The van der Waals surface area contributed by atoms with E-state index in [0.29, 0.717) is 19.0 Å². The summed E-state index contributed by atoms with van der Waals surface area (Å²) in [4.78, 5) is 11.1. The van der Waals surface area contributed by atoms with Crippen molar-refractivity contribution in [3.05, 3.63) is 41.7 Å². The van der Waals surface area contributed by atoms with E-state index in [1.807, 2.05) is 39.2 Å². The van der Waals surface area contributed by atoms with Crippen LogP contribution in [0.3, 0.4) is 0 Å². The van der Waals surface area contributed by atoms with Crippen molar-refractivity contribution >= 4 is 17.3 Å². The van der Waals surface area contributed by atoms with Gasteiger partial charge in [-0.1, -0.05) is 18.2 Å². The molecule has 0 bridgehead atoms. The number of rotatable bonds is 6. The summed E-state index contributed by atoms with van der Waals surface area (Å²) in [6.45, 7) is 5.12. The summed E-state index contributed by atoms with van der Waals surface area (Å²) in [5.41, 5.74) is 2.33. The molecule has 1 aromatic heterocycles. The van der Waals surface area contributed by atoms with Crippen LogP contribution in [-0.4, -0.2) is 30.7 Å². The van der Waals surface area contributed by atoms with Crippen LogP contribution in [0.4, 0.5) is 17.3 Å². The van der Waals surface area contributed by atoms with Crippen LogP contribution in [0.2, 0.25) is 0 Å². The highest BCUT2D eigenvalue weighted by Crippen LogP contribution is 2.26. The van der Waals surface area contributed by atoms with Crippen LogP contribution in [-0.2, 0) is 11.3 Å². The minimum atomic E-state index is 0.417. The van der Waals surface area contributed by atoms with Crippen LogP contribution in [0.5, 0.6) is 0 Å². The van der Waals surface area contributed by atoms with Gasteiger partial charge in [0.1, 0.15) is 18.2 Å². The van der Waals surface area contributed by atoms with E-state index in [1.165, 1.54) is 5.56 Å². The Balaban J connectivity index is 2.35. The molecule has 0 atom stereocenters. The molecule has 1 heterocycles. The fraction of sp³-hybridized carbons (Fsp3) is 0.375. The lowest BCUT2D eigenvalue weighted by molar-refractivity contribution is 0.128. The smallest absolute Gasteiger partial charge is 0.158 e. The zero-order valence-electron chi connectivity index (χ0n) is 13.1. The fourth-order valence-corrected chi connectivity index (χ4v) is 2.10. The third-order valence-corrected chi connectivity index (χ3v) is 3.27. The second-order valence-corrected chi connectivity index (χ2v) is 4.76. The molecule has 21 heavy (non-hydrogen) atoms. The van der Waals surface area contributed by atoms with Crippen LogP contribution in [0.1, 0.15) is 18.3 Å². The van der Waals surface area contributed by atoms with E-state index in [1.54, 1.807) is 0 Å². The summed E-state index contributed by atoms with van der Waals surface area (Å²) in [5, 5.41) is 3.07. The highest BCUT2D eigenvalue weighted by Gasteiger charge is 2.11. The van der Waals surface area contributed by atoms with E-state index < -0.39 is 0 Å². The molecule has 112 valence electrons. The zero-order chi connectivity index (χ0) is 15.2. The number of nitrogens with one attached hydrogen (secondary N) is 1. The molecule has 2 aromatic rings. The minimum absolute atomic E-state index is 0.417. The third-order valence-electron chi connectivity index (χ3n) is 3.27. The van der Waals surface area contributed by atoms with Gasteiger partial charge in [0.05, 0.1) is 0 Å². The first kappa shape index (κ1) is 15.3. The fourth-order valence-electron chi connectivity index (χ4n) is 2.10. The SMILES string of the molecule is CCOCc1nc(NC)cc(N(C)c2ccccc2C)n1. The molecule has 2 rings (SSSR count). The Bertz CT molecular complexity index is 601. The number of nitrogens with zero attached hydrogens (tertiary/aromatic N) is 3. The molecule has 0 saturated carbocycles. The Kier molecular flexibility index (Phi) is 5.11. The first-order chi connectivity index (χ1) is 10.2. The Morgan fingerprint density at radius 1 is 1.24 bits per heavy atom. The average Bonchev–Trinajstić information content (AvgIpc) is 2.52. The quantitative estimate of drug-likeness (QED) is 0.884.